The summed E-state index contributed by atoms with van der Waals surface area (Å²) in [7, 11) is 0. The first-order valence-electron chi connectivity index (χ1n) is 6.17. The summed E-state index contributed by atoms with van der Waals surface area (Å²) in [6.07, 6.45) is 0. The van der Waals surface area contributed by atoms with Crippen molar-refractivity contribution in [1.82, 2.24) is 9.97 Å². The lowest BCUT2D eigenvalue weighted by Gasteiger charge is -2.01. The molecule has 0 N–H and O–H groups in total. The first-order chi connectivity index (χ1) is 10.2. The van der Waals surface area contributed by atoms with E-state index in [1.54, 1.807) is 6.92 Å². The zero-order valence-electron chi connectivity index (χ0n) is 11.0. The summed E-state index contributed by atoms with van der Waals surface area (Å²) in [5, 5.41) is 10.6. The van der Waals surface area contributed by atoms with Crippen LogP contribution in [-0.4, -0.2) is 22.5 Å². The van der Waals surface area contributed by atoms with Crippen LogP contribution >= 0.6 is 23.5 Å². The van der Waals surface area contributed by atoms with Crippen LogP contribution < -0.4 is 0 Å². The number of esters is 1. The van der Waals surface area contributed by atoms with Crippen LogP contribution in [0.25, 0.3) is 11.0 Å². The van der Waals surface area contributed by atoms with Gasteiger partial charge in [0.2, 0.25) is 0 Å². The SMILES string of the molecule is CCOC(=O)C(C#N)=C1Sc2nc3ccccc3nc2S1. The van der Waals surface area contributed by atoms with Crippen molar-refractivity contribution in [2.75, 3.05) is 6.61 Å². The van der Waals surface area contributed by atoms with Gasteiger partial charge >= 0.3 is 5.97 Å². The first-order valence-corrected chi connectivity index (χ1v) is 7.80. The monoisotopic (exact) mass is 315 g/mol. The molecule has 0 bridgehead atoms. The molecule has 3 rings (SSSR count). The van der Waals surface area contributed by atoms with Crippen molar-refractivity contribution < 1.29 is 9.53 Å². The fourth-order valence-electron chi connectivity index (χ4n) is 1.78. The second-order valence-corrected chi connectivity index (χ2v) is 6.28. The molecule has 2 aromatic rings. The average molecular weight is 315 g/mol. The van der Waals surface area contributed by atoms with E-state index < -0.39 is 5.97 Å². The van der Waals surface area contributed by atoms with Crippen LogP contribution in [0.3, 0.4) is 0 Å². The fourth-order valence-corrected chi connectivity index (χ4v) is 4.03. The molecule has 1 aromatic carbocycles. The largest absolute Gasteiger partial charge is 0.462 e. The number of fused-ring (bicyclic) bond motifs is 2. The molecule has 0 unspecified atom stereocenters. The van der Waals surface area contributed by atoms with E-state index in [2.05, 4.69) is 9.97 Å². The molecule has 0 atom stereocenters. The molecule has 7 heteroatoms. The van der Waals surface area contributed by atoms with Crippen LogP contribution in [0.4, 0.5) is 0 Å². The number of para-hydroxylation sites is 2. The minimum atomic E-state index is -0.604. The number of hydrogen-bond acceptors (Lipinski definition) is 7. The summed E-state index contributed by atoms with van der Waals surface area (Å²) in [4.78, 5) is 20.8. The third-order valence-electron chi connectivity index (χ3n) is 2.68. The van der Waals surface area contributed by atoms with Gasteiger partial charge < -0.3 is 4.74 Å². The predicted octanol–water partition coefficient (Wildman–Crippen LogP) is 3.13. The Morgan fingerprint density at radius 1 is 1.24 bits per heavy atom. The number of ether oxygens (including phenoxy) is 1. The van der Waals surface area contributed by atoms with E-state index in [0.717, 1.165) is 11.0 Å². The number of nitriles is 1. The van der Waals surface area contributed by atoms with Crippen LogP contribution in [0.2, 0.25) is 0 Å². The molecule has 21 heavy (non-hydrogen) atoms. The molecule has 0 fully saturated rings. The van der Waals surface area contributed by atoms with Gasteiger partial charge in [-0.3, -0.25) is 0 Å². The van der Waals surface area contributed by atoms with Crippen LogP contribution in [0, 0.1) is 11.3 Å². The minimum Gasteiger partial charge on any atom is -0.462 e. The highest BCUT2D eigenvalue weighted by atomic mass is 32.2. The molecular formula is C14H9N3O2S2. The van der Waals surface area contributed by atoms with Crippen LogP contribution in [0.1, 0.15) is 6.92 Å². The summed E-state index contributed by atoms with van der Waals surface area (Å²) in [6, 6.07) is 9.47. The van der Waals surface area contributed by atoms with Crippen LogP contribution in [0.5, 0.6) is 0 Å². The number of carbonyl (C=O) groups is 1. The second-order valence-electron chi connectivity index (χ2n) is 4.02. The Morgan fingerprint density at radius 2 is 1.81 bits per heavy atom. The summed E-state index contributed by atoms with van der Waals surface area (Å²) in [5.74, 6) is -0.604. The van der Waals surface area contributed by atoms with Crippen LogP contribution in [-0.2, 0) is 9.53 Å². The van der Waals surface area contributed by atoms with E-state index in [1.807, 2.05) is 30.3 Å². The maximum atomic E-state index is 11.8. The van der Waals surface area contributed by atoms with Gasteiger partial charge in [0.05, 0.1) is 21.9 Å². The molecule has 0 aliphatic carbocycles. The molecule has 1 aliphatic rings. The zero-order valence-corrected chi connectivity index (χ0v) is 12.6. The lowest BCUT2D eigenvalue weighted by atomic mass is 10.3. The van der Waals surface area contributed by atoms with Gasteiger partial charge in [-0.15, -0.1) is 0 Å². The van der Waals surface area contributed by atoms with Gasteiger partial charge in [-0.05, 0) is 19.1 Å². The maximum Gasteiger partial charge on any atom is 0.350 e. The van der Waals surface area contributed by atoms with Gasteiger partial charge in [0, 0.05) is 0 Å². The lowest BCUT2D eigenvalue weighted by Crippen LogP contribution is -2.07. The van der Waals surface area contributed by atoms with Crippen molar-refractivity contribution in [3.05, 3.63) is 34.1 Å². The minimum absolute atomic E-state index is 0.00991. The number of thioether (sulfide) groups is 2. The maximum absolute atomic E-state index is 11.8. The van der Waals surface area contributed by atoms with Gasteiger partial charge in [0.15, 0.2) is 5.57 Å². The molecule has 0 amide bonds. The van der Waals surface area contributed by atoms with Gasteiger partial charge in [-0.25, -0.2) is 14.8 Å². The molecule has 104 valence electrons. The van der Waals surface area contributed by atoms with Gasteiger partial charge in [0.1, 0.15) is 16.1 Å². The molecule has 0 spiro atoms. The van der Waals surface area contributed by atoms with E-state index in [4.69, 9.17) is 4.74 Å². The number of carbonyl (C=O) groups excluding carboxylic acids is 1. The second kappa shape index (κ2) is 5.76. The smallest absolute Gasteiger partial charge is 0.350 e. The van der Waals surface area contributed by atoms with Gasteiger partial charge in [-0.1, -0.05) is 35.7 Å². The number of benzene rings is 1. The quantitative estimate of drug-likeness (QED) is 0.478. The Morgan fingerprint density at radius 3 is 2.29 bits per heavy atom. The molecule has 1 aromatic heterocycles. The van der Waals surface area contributed by atoms with Gasteiger partial charge in [0.25, 0.3) is 0 Å². The Labute approximate surface area is 129 Å². The van der Waals surface area contributed by atoms with Gasteiger partial charge in [-0.2, -0.15) is 5.26 Å². The summed E-state index contributed by atoms with van der Waals surface area (Å²) in [6.45, 7) is 1.94. The zero-order chi connectivity index (χ0) is 14.8. The van der Waals surface area contributed by atoms with Crippen molar-refractivity contribution in [1.29, 1.82) is 5.26 Å². The molecular weight excluding hydrogens is 306 g/mol. The molecule has 0 saturated carbocycles. The Kier molecular flexibility index (Phi) is 3.82. The van der Waals surface area contributed by atoms with E-state index in [9.17, 15) is 10.1 Å². The van der Waals surface area contributed by atoms with Crippen molar-refractivity contribution in [2.45, 2.75) is 17.0 Å². The lowest BCUT2D eigenvalue weighted by molar-refractivity contribution is -0.138. The summed E-state index contributed by atoms with van der Waals surface area (Å²) < 4.78 is 5.47. The van der Waals surface area contributed by atoms with E-state index >= 15 is 0 Å². The standard InChI is InChI=1S/C14H9N3O2S2/c1-2-19-13(18)8(7-15)14-20-11-12(21-14)17-10-6-4-3-5-9(10)16-11/h3-6H,2H2,1H3. The van der Waals surface area contributed by atoms with Crippen molar-refractivity contribution in [2.24, 2.45) is 0 Å². The first kappa shape index (κ1) is 13.9. The third-order valence-corrected chi connectivity index (χ3v) is 5.05. The Hall–Kier alpha value is -2.04. The molecule has 0 saturated heterocycles. The summed E-state index contributed by atoms with van der Waals surface area (Å²) in [5.41, 5.74) is 1.59. The topological polar surface area (TPSA) is 75.9 Å². The van der Waals surface area contributed by atoms with Crippen molar-refractivity contribution >= 4 is 40.5 Å². The molecule has 1 aliphatic heterocycles. The third kappa shape index (κ3) is 2.60. The van der Waals surface area contributed by atoms with E-state index in [0.29, 0.717) is 14.3 Å². The number of hydrogen-bond donors (Lipinski definition) is 0. The molecule has 2 heterocycles. The molecule has 0 radical (unpaired) electrons. The number of rotatable bonds is 2. The Bertz CT molecular complexity index is 765. The molecule has 5 nitrogen and oxygen atoms in total. The number of aromatic nitrogens is 2. The van der Waals surface area contributed by atoms with Crippen molar-refractivity contribution in [3.63, 3.8) is 0 Å². The highest BCUT2D eigenvalue weighted by molar-refractivity contribution is 8.24. The highest BCUT2D eigenvalue weighted by Crippen LogP contribution is 2.50. The van der Waals surface area contributed by atoms with Crippen LogP contribution in [0.15, 0.2) is 44.1 Å². The van der Waals surface area contributed by atoms with Crippen molar-refractivity contribution in [3.8, 4) is 6.07 Å². The van der Waals surface area contributed by atoms with E-state index in [-0.39, 0.29) is 12.2 Å². The normalized spacial score (nSPS) is 12.9. The predicted molar refractivity (Wildman–Crippen MR) is 80.5 cm³/mol. The fraction of sp³-hybridized carbons (Fsp3) is 0.143. The van der Waals surface area contributed by atoms with E-state index in [1.165, 1.54) is 23.5 Å². The summed E-state index contributed by atoms with van der Waals surface area (Å²) >= 11 is 2.57. The number of nitrogens with zero attached hydrogens (tertiary/aromatic N) is 3. The Balaban J connectivity index is 2.02. The average Bonchev–Trinajstić information content (AvgIpc) is 2.88. The highest BCUT2D eigenvalue weighted by Gasteiger charge is 2.28.